The number of morpholine rings is 1. The predicted molar refractivity (Wildman–Crippen MR) is 95.5 cm³/mol. The number of likely N-dealkylation sites (tertiary alicyclic amines) is 1. The fraction of sp³-hybridized carbons (Fsp3) is 0.722. The van der Waals surface area contributed by atoms with E-state index < -0.39 is 0 Å². The summed E-state index contributed by atoms with van der Waals surface area (Å²) in [6.07, 6.45) is 2.72. The minimum Gasteiger partial charge on any atom is -0.379 e. The molecule has 0 unspecified atom stereocenters. The molecule has 0 bridgehead atoms. The largest absolute Gasteiger partial charge is 0.379 e. The quantitative estimate of drug-likeness (QED) is 0.835. The third-order valence-corrected chi connectivity index (χ3v) is 5.92. The van der Waals surface area contributed by atoms with E-state index in [1.165, 1.54) is 0 Å². The van der Waals surface area contributed by atoms with Crippen molar-refractivity contribution in [3.63, 3.8) is 0 Å². The number of methoxy groups -OCH3 is 1. The third-order valence-electron chi connectivity index (χ3n) is 4.87. The van der Waals surface area contributed by atoms with Gasteiger partial charge in [0.15, 0.2) is 0 Å². The number of hydrogen-bond acceptors (Lipinski definition) is 5. The van der Waals surface area contributed by atoms with Crippen LogP contribution >= 0.6 is 11.3 Å². The van der Waals surface area contributed by atoms with Gasteiger partial charge in [-0.3, -0.25) is 9.69 Å². The number of ether oxygens (including phenoxy) is 2. The van der Waals surface area contributed by atoms with E-state index in [9.17, 15) is 4.79 Å². The molecule has 1 aromatic rings. The Labute approximate surface area is 148 Å². The molecular weight excluding hydrogens is 324 g/mol. The summed E-state index contributed by atoms with van der Waals surface area (Å²) in [6.45, 7) is 8.59. The van der Waals surface area contributed by atoms with Crippen molar-refractivity contribution in [3.8, 4) is 0 Å². The second kappa shape index (κ2) is 7.95. The van der Waals surface area contributed by atoms with Crippen LogP contribution in [0, 0.1) is 0 Å². The maximum absolute atomic E-state index is 12.7. The van der Waals surface area contributed by atoms with Crippen LogP contribution in [-0.2, 0) is 16.1 Å². The molecule has 2 fully saturated rings. The van der Waals surface area contributed by atoms with Crippen molar-refractivity contribution in [1.82, 2.24) is 9.80 Å². The number of rotatable bonds is 4. The highest BCUT2D eigenvalue weighted by Crippen LogP contribution is 2.24. The second-order valence-corrected chi connectivity index (χ2v) is 8.10. The van der Waals surface area contributed by atoms with Gasteiger partial charge < -0.3 is 14.4 Å². The average molecular weight is 353 g/mol. The Hall–Kier alpha value is -0.950. The summed E-state index contributed by atoms with van der Waals surface area (Å²) in [5.74, 6) is 0.171. The Bertz CT molecular complexity index is 544. The van der Waals surface area contributed by atoms with E-state index in [1.54, 1.807) is 18.4 Å². The first-order valence-electron chi connectivity index (χ1n) is 8.83. The van der Waals surface area contributed by atoms with E-state index in [1.807, 2.05) is 17.0 Å². The molecule has 0 saturated carbocycles. The Kier molecular flexibility index (Phi) is 5.92. The lowest BCUT2D eigenvalue weighted by atomic mass is 10.0. The van der Waals surface area contributed by atoms with Crippen LogP contribution in [0.25, 0.3) is 0 Å². The lowest BCUT2D eigenvalue weighted by Crippen LogP contribution is -2.53. The summed E-state index contributed by atoms with van der Waals surface area (Å²) >= 11 is 1.55. The standard InChI is InChI=1S/C18H28N2O3S/c1-13-10-20(11-14(2)23-13)15-6-8-19(9-7-15)18(21)17-5-4-16(24-17)12-22-3/h4-5,13-15H,6-12H2,1-3H3/t13-,14+. The number of carbonyl (C=O) groups is 1. The summed E-state index contributed by atoms with van der Waals surface area (Å²) < 4.78 is 11.0. The second-order valence-electron chi connectivity index (χ2n) is 6.93. The molecule has 2 atom stereocenters. The number of amides is 1. The van der Waals surface area contributed by atoms with Crippen LogP contribution < -0.4 is 0 Å². The third kappa shape index (κ3) is 4.17. The molecule has 2 aliphatic heterocycles. The van der Waals surface area contributed by atoms with Crippen molar-refractivity contribution in [2.24, 2.45) is 0 Å². The van der Waals surface area contributed by atoms with Crippen LogP contribution in [0.4, 0.5) is 0 Å². The SMILES string of the molecule is COCc1ccc(C(=O)N2CCC(N3C[C@@H](C)O[C@@H](C)C3)CC2)s1. The van der Waals surface area contributed by atoms with Gasteiger partial charge in [-0.05, 0) is 38.8 Å². The zero-order chi connectivity index (χ0) is 17.1. The highest BCUT2D eigenvalue weighted by molar-refractivity contribution is 7.14. The highest BCUT2D eigenvalue weighted by atomic mass is 32.1. The Morgan fingerprint density at radius 1 is 1.25 bits per heavy atom. The molecule has 3 rings (SSSR count). The van der Waals surface area contributed by atoms with Gasteiger partial charge in [0, 0.05) is 44.2 Å². The van der Waals surface area contributed by atoms with E-state index in [-0.39, 0.29) is 5.91 Å². The molecular formula is C18H28N2O3S. The van der Waals surface area contributed by atoms with Crippen LogP contribution in [0.2, 0.25) is 0 Å². The zero-order valence-electron chi connectivity index (χ0n) is 14.9. The zero-order valence-corrected chi connectivity index (χ0v) is 15.7. The number of carbonyl (C=O) groups excluding carboxylic acids is 1. The molecule has 134 valence electrons. The molecule has 1 amide bonds. The molecule has 0 aromatic carbocycles. The maximum atomic E-state index is 12.7. The van der Waals surface area contributed by atoms with E-state index >= 15 is 0 Å². The van der Waals surface area contributed by atoms with Crippen molar-refractivity contribution < 1.29 is 14.3 Å². The molecule has 0 radical (unpaired) electrons. The van der Waals surface area contributed by atoms with E-state index in [4.69, 9.17) is 9.47 Å². The molecule has 3 heterocycles. The molecule has 5 nitrogen and oxygen atoms in total. The van der Waals surface area contributed by atoms with E-state index in [0.29, 0.717) is 24.9 Å². The highest BCUT2D eigenvalue weighted by Gasteiger charge is 2.32. The van der Waals surface area contributed by atoms with Crippen molar-refractivity contribution in [2.45, 2.75) is 51.5 Å². The monoisotopic (exact) mass is 352 g/mol. The van der Waals surface area contributed by atoms with Gasteiger partial charge in [0.1, 0.15) is 0 Å². The fourth-order valence-corrected chi connectivity index (χ4v) is 4.77. The first-order chi connectivity index (χ1) is 11.6. The fourth-order valence-electron chi connectivity index (χ4n) is 3.82. The first-order valence-corrected chi connectivity index (χ1v) is 9.65. The van der Waals surface area contributed by atoms with Gasteiger partial charge in [-0.2, -0.15) is 0 Å². The van der Waals surface area contributed by atoms with E-state index in [2.05, 4.69) is 18.7 Å². The van der Waals surface area contributed by atoms with Crippen molar-refractivity contribution in [2.75, 3.05) is 33.3 Å². The lowest BCUT2D eigenvalue weighted by molar-refractivity contribution is -0.0856. The van der Waals surface area contributed by atoms with Crippen LogP contribution in [0.5, 0.6) is 0 Å². The Morgan fingerprint density at radius 2 is 1.92 bits per heavy atom. The number of nitrogens with zero attached hydrogens (tertiary/aromatic N) is 2. The van der Waals surface area contributed by atoms with Gasteiger partial charge in [-0.1, -0.05) is 0 Å². The topological polar surface area (TPSA) is 42.0 Å². The number of thiophene rings is 1. The Balaban J connectivity index is 1.53. The summed E-state index contributed by atoms with van der Waals surface area (Å²) in [5, 5.41) is 0. The van der Waals surface area contributed by atoms with Crippen LogP contribution in [0.3, 0.4) is 0 Å². The normalized spacial score (nSPS) is 26.7. The van der Waals surface area contributed by atoms with Crippen LogP contribution in [-0.4, -0.2) is 67.2 Å². The summed E-state index contributed by atoms with van der Waals surface area (Å²) in [7, 11) is 1.68. The predicted octanol–water partition coefficient (Wildman–Crippen LogP) is 2.61. The van der Waals surface area contributed by atoms with Gasteiger partial charge >= 0.3 is 0 Å². The van der Waals surface area contributed by atoms with Gasteiger partial charge in [0.25, 0.3) is 5.91 Å². The number of hydrogen-bond donors (Lipinski definition) is 0. The Morgan fingerprint density at radius 3 is 2.54 bits per heavy atom. The van der Waals surface area contributed by atoms with Crippen molar-refractivity contribution >= 4 is 17.2 Å². The van der Waals surface area contributed by atoms with Gasteiger partial charge in [0.2, 0.25) is 0 Å². The average Bonchev–Trinajstić information content (AvgIpc) is 3.02. The molecule has 0 N–H and O–H groups in total. The van der Waals surface area contributed by atoms with Crippen LogP contribution in [0.15, 0.2) is 12.1 Å². The molecule has 2 aliphatic rings. The smallest absolute Gasteiger partial charge is 0.263 e. The minimum atomic E-state index is 0.171. The molecule has 2 saturated heterocycles. The summed E-state index contributed by atoms with van der Waals surface area (Å²) in [6, 6.07) is 4.50. The minimum absolute atomic E-state index is 0.171. The molecule has 1 aromatic heterocycles. The molecule has 24 heavy (non-hydrogen) atoms. The summed E-state index contributed by atoms with van der Waals surface area (Å²) in [4.78, 5) is 19.2. The van der Waals surface area contributed by atoms with Gasteiger partial charge in [0.05, 0.1) is 23.7 Å². The maximum Gasteiger partial charge on any atom is 0.263 e. The molecule has 0 aliphatic carbocycles. The van der Waals surface area contributed by atoms with Gasteiger partial charge in [-0.25, -0.2) is 0 Å². The van der Waals surface area contributed by atoms with E-state index in [0.717, 1.165) is 48.8 Å². The van der Waals surface area contributed by atoms with Gasteiger partial charge in [-0.15, -0.1) is 11.3 Å². The molecule has 6 heteroatoms. The molecule has 0 spiro atoms. The van der Waals surface area contributed by atoms with Crippen molar-refractivity contribution in [1.29, 1.82) is 0 Å². The number of piperidine rings is 1. The van der Waals surface area contributed by atoms with Crippen LogP contribution in [0.1, 0.15) is 41.2 Å². The summed E-state index contributed by atoms with van der Waals surface area (Å²) in [5.41, 5.74) is 0. The first kappa shape index (κ1) is 17.9. The van der Waals surface area contributed by atoms with Crippen molar-refractivity contribution in [3.05, 3.63) is 21.9 Å². The lowest BCUT2D eigenvalue weighted by Gasteiger charge is -2.43.